The minimum atomic E-state index is -0.471. The lowest BCUT2D eigenvalue weighted by atomic mass is 10.1. The van der Waals surface area contributed by atoms with Crippen molar-refractivity contribution >= 4 is 35.1 Å². The maximum atomic E-state index is 12.6. The van der Waals surface area contributed by atoms with Crippen LogP contribution in [0.25, 0.3) is 0 Å². The number of hydrogen-bond donors (Lipinski definition) is 8. The van der Waals surface area contributed by atoms with E-state index < -0.39 is 11.8 Å². The van der Waals surface area contributed by atoms with E-state index in [1.165, 1.54) is 12.4 Å². The van der Waals surface area contributed by atoms with Crippen molar-refractivity contribution in [3.63, 3.8) is 0 Å². The number of carbonyl (C=O) groups excluding carboxylic acids is 2. The van der Waals surface area contributed by atoms with Crippen LogP contribution in [0, 0.1) is 10.8 Å². The third-order valence-corrected chi connectivity index (χ3v) is 5.01. The van der Waals surface area contributed by atoms with E-state index in [4.69, 9.17) is 22.3 Å². The molecule has 0 aliphatic carbocycles. The van der Waals surface area contributed by atoms with Gasteiger partial charge in [0.05, 0.1) is 0 Å². The smallest absolute Gasteiger partial charge is 0.274 e. The molecule has 0 unspecified atom stereocenters. The third kappa shape index (κ3) is 8.09. The second-order valence-electron chi connectivity index (χ2n) is 7.77. The highest BCUT2D eigenvalue weighted by atomic mass is 16.2. The number of nitrogens with one attached hydrogen (secondary N) is 6. The molecule has 0 saturated heterocycles. The maximum Gasteiger partial charge on any atom is 0.274 e. The van der Waals surface area contributed by atoms with Crippen LogP contribution in [0.4, 0.5) is 11.4 Å². The van der Waals surface area contributed by atoms with Gasteiger partial charge in [0.15, 0.2) is 11.9 Å². The number of aromatic nitrogens is 2. The van der Waals surface area contributed by atoms with Crippen LogP contribution in [0.5, 0.6) is 0 Å². The number of rotatable bonds is 10. The molecule has 12 heteroatoms. The Kier molecular flexibility index (Phi) is 8.87. The molecule has 0 spiro atoms. The first kappa shape index (κ1) is 25.6. The first-order valence-corrected chi connectivity index (χ1v) is 11.1. The van der Waals surface area contributed by atoms with Crippen molar-refractivity contribution in [2.45, 2.75) is 12.8 Å². The van der Waals surface area contributed by atoms with Crippen molar-refractivity contribution in [3.8, 4) is 0 Å². The predicted octanol–water partition coefficient (Wildman–Crippen LogP) is 1.03. The Morgan fingerprint density at radius 2 is 1.08 bits per heavy atom. The van der Waals surface area contributed by atoms with Crippen molar-refractivity contribution in [1.82, 2.24) is 20.6 Å². The summed E-state index contributed by atoms with van der Waals surface area (Å²) in [5, 5.41) is 25.3. The molecule has 12 nitrogen and oxygen atoms in total. The molecule has 1 aromatic heterocycles. The fraction of sp³-hybridized carbons (Fsp3) is 0.167. The monoisotopic (exact) mass is 488 g/mol. The van der Waals surface area contributed by atoms with Crippen LogP contribution in [-0.2, 0) is 12.8 Å². The number of anilines is 2. The number of carbonyl (C=O) groups is 2. The van der Waals surface area contributed by atoms with Gasteiger partial charge >= 0.3 is 0 Å². The fourth-order valence-electron chi connectivity index (χ4n) is 3.19. The highest BCUT2D eigenvalue weighted by Crippen LogP contribution is 2.13. The van der Waals surface area contributed by atoms with Crippen LogP contribution in [0.15, 0.2) is 60.9 Å². The van der Waals surface area contributed by atoms with Crippen LogP contribution in [0.3, 0.4) is 0 Å². The second-order valence-corrected chi connectivity index (χ2v) is 7.77. The van der Waals surface area contributed by atoms with E-state index in [-0.39, 0.29) is 23.3 Å². The van der Waals surface area contributed by atoms with Gasteiger partial charge in [-0.25, -0.2) is 9.97 Å². The summed E-state index contributed by atoms with van der Waals surface area (Å²) in [5.74, 6) is -1.10. The molecule has 0 fully saturated rings. The molecule has 0 saturated carbocycles. The Hall–Kier alpha value is -5.00. The Bertz CT molecular complexity index is 1130. The molecular weight excluding hydrogens is 460 g/mol. The first-order chi connectivity index (χ1) is 17.3. The maximum absolute atomic E-state index is 12.6. The molecular formula is C24H28N10O2. The van der Waals surface area contributed by atoms with Gasteiger partial charge in [0, 0.05) is 30.5 Å². The summed E-state index contributed by atoms with van der Waals surface area (Å²) in [6, 6.07) is 15.8. The van der Waals surface area contributed by atoms with Gasteiger partial charge in [-0.1, -0.05) is 24.3 Å². The molecule has 1 heterocycles. The predicted molar refractivity (Wildman–Crippen MR) is 138 cm³/mol. The number of nitrogens with zero attached hydrogens (tertiary/aromatic N) is 2. The molecule has 0 radical (unpaired) electrons. The molecule has 0 aliphatic heterocycles. The zero-order valence-corrected chi connectivity index (χ0v) is 19.5. The van der Waals surface area contributed by atoms with Crippen molar-refractivity contribution in [1.29, 1.82) is 10.8 Å². The minimum absolute atomic E-state index is 0.0539. The average Bonchev–Trinajstić information content (AvgIpc) is 2.86. The van der Waals surface area contributed by atoms with Gasteiger partial charge in [-0.3, -0.25) is 20.4 Å². The van der Waals surface area contributed by atoms with Gasteiger partial charge in [-0.05, 0) is 48.2 Å². The minimum Gasteiger partial charge on any atom is -0.370 e. The number of guanidine groups is 2. The lowest BCUT2D eigenvalue weighted by Gasteiger charge is -2.09. The van der Waals surface area contributed by atoms with Gasteiger partial charge in [0.1, 0.15) is 17.7 Å². The third-order valence-electron chi connectivity index (χ3n) is 5.01. The molecule has 0 aliphatic rings. The van der Waals surface area contributed by atoms with E-state index in [1.54, 1.807) is 24.3 Å². The van der Waals surface area contributed by atoms with E-state index in [0.29, 0.717) is 37.3 Å². The zero-order chi connectivity index (χ0) is 25.9. The number of benzene rings is 2. The van der Waals surface area contributed by atoms with Gasteiger partial charge in [0.25, 0.3) is 11.8 Å². The number of nitrogens with two attached hydrogens (primary N) is 2. The Balaban J connectivity index is 1.55. The van der Waals surface area contributed by atoms with Gasteiger partial charge in [-0.2, -0.15) is 0 Å². The van der Waals surface area contributed by atoms with E-state index in [1.807, 2.05) is 24.3 Å². The van der Waals surface area contributed by atoms with Crippen molar-refractivity contribution in [2.75, 3.05) is 23.7 Å². The lowest BCUT2D eigenvalue weighted by Crippen LogP contribution is -2.31. The number of hydrogen-bond acceptors (Lipinski definition) is 6. The topological polar surface area (TPSA) is 208 Å². The summed E-state index contributed by atoms with van der Waals surface area (Å²) in [4.78, 5) is 33.2. The molecule has 2 aromatic carbocycles. The van der Waals surface area contributed by atoms with Crippen LogP contribution in [0.1, 0.15) is 32.1 Å². The van der Waals surface area contributed by atoms with Gasteiger partial charge < -0.3 is 32.7 Å². The first-order valence-electron chi connectivity index (χ1n) is 11.1. The fourth-order valence-corrected chi connectivity index (χ4v) is 3.19. The zero-order valence-electron chi connectivity index (χ0n) is 19.5. The summed E-state index contributed by atoms with van der Waals surface area (Å²) in [7, 11) is 0. The van der Waals surface area contributed by atoms with Gasteiger partial charge in [0.2, 0.25) is 0 Å². The Morgan fingerprint density at radius 3 is 1.44 bits per heavy atom. The summed E-state index contributed by atoms with van der Waals surface area (Å²) in [5.41, 5.74) is 13.8. The van der Waals surface area contributed by atoms with Crippen molar-refractivity contribution in [2.24, 2.45) is 11.5 Å². The molecule has 36 heavy (non-hydrogen) atoms. The summed E-state index contributed by atoms with van der Waals surface area (Å²) < 4.78 is 0. The van der Waals surface area contributed by atoms with Crippen LogP contribution in [-0.4, -0.2) is 46.8 Å². The molecule has 3 aromatic rings. The molecule has 0 bridgehead atoms. The SMILES string of the molecule is N=C(N)NCCc1ccc(NC(=O)c2cc(C(=O)Nc3ccc(CCNC(=N)N)cc3)ncn2)cc1. The second kappa shape index (κ2) is 12.5. The van der Waals surface area contributed by atoms with Crippen LogP contribution < -0.4 is 32.7 Å². The Morgan fingerprint density at radius 1 is 0.694 bits per heavy atom. The molecule has 186 valence electrons. The number of amides is 2. The van der Waals surface area contributed by atoms with E-state index in [2.05, 4.69) is 31.2 Å². The highest BCUT2D eigenvalue weighted by molar-refractivity contribution is 6.06. The molecule has 10 N–H and O–H groups in total. The molecule has 2 amide bonds. The normalized spacial score (nSPS) is 10.2. The largest absolute Gasteiger partial charge is 0.370 e. The summed E-state index contributed by atoms with van der Waals surface area (Å²) in [6.07, 6.45) is 2.52. The van der Waals surface area contributed by atoms with E-state index in [9.17, 15) is 9.59 Å². The van der Waals surface area contributed by atoms with E-state index >= 15 is 0 Å². The standard InChI is InChI=1S/C24H28N10O2/c25-23(26)29-11-9-15-1-5-17(6-2-15)33-21(35)19-13-20(32-14-31-19)22(36)34-18-7-3-16(4-8-18)10-12-30-24(27)28/h1-8,13-14H,9-12H2,(H,33,35)(H,34,36)(H4,25,26,29)(H4,27,28,30). The summed E-state index contributed by atoms with van der Waals surface area (Å²) in [6.45, 7) is 1.07. The molecule has 0 atom stereocenters. The van der Waals surface area contributed by atoms with Crippen molar-refractivity contribution in [3.05, 3.63) is 83.4 Å². The quantitative estimate of drug-likeness (QED) is 0.152. The van der Waals surface area contributed by atoms with E-state index in [0.717, 1.165) is 11.1 Å². The average molecular weight is 489 g/mol. The van der Waals surface area contributed by atoms with Crippen LogP contribution in [0.2, 0.25) is 0 Å². The van der Waals surface area contributed by atoms with Gasteiger partial charge in [-0.15, -0.1) is 0 Å². The Labute approximate surface area is 207 Å². The van der Waals surface area contributed by atoms with Crippen LogP contribution >= 0.6 is 0 Å². The summed E-state index contributed by atoms with van der Waals surface area (Å²) >= 11 is 0. The highest BCUT2D eigenvalue weighted by Gasteiger charge is 2.14. The lowest BCUT2D eigenvalue weighted by molar-refractivity contribution is 0.102. The molecule has 3 rings (SSSR count). The van der Waals surface area contributed by atoms with Crippen molar-refractivity contribution < 1.29 is 9.59 Å².